The number of halogens is 1. The molecule has 3 rings (SSSR count). The van der Waals surface area contributed by atoms with Gasteiger partial charge in [-0.05, 0) is 37.1 Å². The van der Waals surface area contributed by atoms with Crippen molar-refractivity contribution in [1.82, 2.24) is 20.1 Å². The summed E-state index contributed by atoms with van der Waals surface area (Å²) in [6, 6.07) is 5.96. The van der Waals surface area contributed by atoms with E-state index in [9.17, 15) is 9.18 Å². The van der Waals surface area contributed by atoms with E-state index in [1.165, 1.54) is 12.1 Å². The van der Waals surface area contributed by atoms with Crippen LogP contribution >= 0.6 is 0 Å². The van der Waals surface area contributed by atoms with Crippen LogP contribution in [-0.4, -0.2) is 38.4 Å². The lowest BCUT2D eigenvalue weighted by atomic mass is 10.0. The molecule has 2 N–H and O–H groups in total. The lowest BCUT2D eigenvalue weighted by Gasteiger charge is -2.16. The van der Waals surface area contributed by atoms with E-state index in [1.54, 1.807) is 29.2 Å². The molecule has 142 valence electrons. The molecule has 6 nitrogen and oxygen atoms in total. The van der Waals surface area contributed by atoms with Gasteiger partial charge in [0.2, 0.25) is 0 Å². The fraction of sp³-hybridized carbons (Fsp3) is 0.350. The minimum Gasteiger partial charge on any atom is -0.394 e. The summed E-state index contributed by atoms with van der Waals surface area (Å²) < 4.78 is 15.4. The van der Waals surface area contributed by atoms with Crippen LogP contribution in [-0.2, 0) is 6.54 Å². The van der Waals surface area contributed by atoms with Gasteiger partial charge in [0.25, 0.3) is 5.91 Å². The highest BCUT2D eigenvalue weighted by Crippen LogP contribution is 2.25. The van der Waals surface area contributed by atoms with Gasteiger partial charge in [-0.1, -0.05) is 13.8 Å². The van der Waals surface area contributed by atoms with Gasteiger partial charge in [0, 0.05) is 23.2 Å². The highest BCUT2D eigenvalue weighted by molar-refractivity contribution is 6.07. The van der Waals surface area contributed by atoms with E-state index >= 15 is 0 Å². The van der Waals surface area contributed by atoms with E-state index in [4.69, 9.17) is 5.11 Å². The first kappa shape index (κ1) is 19.0. The van der Waals surface area contributed by atoms with Crippen molar-refractivity contribution in [2.45, 2.75) is 39.3 Å². The minimum atomic E-state index is -0.413. The van der Waals surface area contributed by atoms with Crippen LogP contribution in [0, 0.1) is 5.82 Å². The Hall–Kier alpha value is -2.80. The van der Waals surface area contributed by atoms with Gasteiger partial charge in [-0.2, -0.15) is 5.10 Å². The molecule has 7 heteroatoms. The van der Waals surface area contributed by atoms with Crippen molar-refractivity contribution < 1.29 is 14.3 Å². The first-order chi connectivity index (χ1) is 13.0. The third-order valence-corrected chi connectivity index (χ3v) is 4.59. The first-order valence-corrected chi connectivity index (χ1v) is 9.10. The van der Waals surface area contributed by atoms with Crippen LogP contribution in [0.15, 0.2) is 36.7 Å². The molecule has 27 heavy (non-hydrogen) atoms. The number of aromatic nitrogens is 3. The number of hydrogen-bond acceptors (Lipinski definition) is 4. The summed E-state index contributed by atoms with van der Waals surface area (Å²) in [6.07, 6.45) is 5.03. The van der Waals surface area contributed by atoms with Crippen molar-refractivity contribution >= 4 is 16.8 Å². The van der Waals surface area contributed by atoms with Gasteiger partial charge in [-0.15, -0.1) is 0 Å². The zero-order chi connectivity index (χ0) is 19.4. The second-order valence-corrected chi connectivity index (χ2v) is 6.42. The van der Waals surface area contributed by atoms with Crippen LogP contribution in [0.25, 0.3) is 22.2 Å². The number of nitrogens with zero attached hydrogens (tertiary/aromatic N) is 3. The average molecular weight is 370 g/mol. The van der Waals surface area contributed by atoms with E-state index in [1.807, 2.05) is 13.8 Å². The van der Waals surface area contributed by atoms with Crippen LogP contribution in [0.3, 0.4) is 0 Å². The number of carbonyl (C=O) groups is 1. The second-order valence-electron chi connectivity index (χ2n) is 6.42. The summed E-state index contributed by atoms with van der Waals surface area (Å²) in [5.74, 6) is -0.657. The predicted molar refractivity (Wildman–Crippen MR) is 102 cm³/mol. The normalized spacial score (nSPS) is 11.3. The lowest BCUT2D eigenvalue weighted by Crippen LogP contribution is -2.34. The summed E-state index contributed by atoms with van der Waals surface area (Å²) in [5, 5.41) is 16.7. The number of aliphatic hydroxyl groups is 1. The second kappa shape index (κ2) is 8.26. The maximum absolute atomic E-state index is 13.8. The SMILES string of the molecule is CCC(CC)NC(=O)c1cc(-c2cnn(CCO)c2)nc2ccc(F)cc12. The van der Waals surface area contributed by atoms with Gasteiger partial charge in [0.1, 0.15) is 5.82 Å². The van der Waals surface area contributed by atoms with Crippen LogP contribution in [0.1, 0.15) is 37.0 Å². The van der Waals surface area contributed by atoms with Crippen molar-refractivity contribution in [3.8, 4) is 11.3 Å². The van der Waals surface area contributed by atoms with Crippen LogP contribution in [0.4, 0.5) is 4.39 Å². The predicted octanol–water partition coefficient (Wildman–Crippen LogP) is 3.15. The molecule has 1 aromatic carbocycles. The highest BCUT2D eigenvalue weighted by atomic mass is 19.1. The summed E-state index contributed by atoms with van der Waals surface area (Å²) >= 11 is 0. The molecule has 0 atom stereocenters. The summed E-state index contributed by atoms with van der Waals surface area (Å²) in [6.45, 7) is 4.38. The van der Waals surface area contributed by atoms with Crippen molar-refractivity contribution in [2.75, 3.05) is 6.61 Å². The number of hydrogen-bond donors (Lipinski definition) is 2. The summed E-state index contributed by atoms with van der Waals surface area (Å²) in [5.41, 5.74) is 2.23. The van der Waals surface area contributed by atoms with Crippen molar-refractivity contribution in [2.24, 2.45) is 0 Å². The van der Waals surface area contributed by atoms with Crippen LogP contribution in [0.5, 0.6) is 0 Å². The molecule has 0 aliphatic rings. The molecule has 1 amide bonds. The quantitative estimate of drug-likeness (QED) is 0.670. The number of fused-ring (bicyclic) bond motifs is 1. The van der Waals surface area contributed by atoms with E-state index in [-0.39, 0.29) is 18.6 Å². The van der Waals surface area contributed by atoms with Crippen molar-refractivity contribution in [3.05, 3.63) is 48.0 Å². The number of carbonyl (C=O) groups excluding carboxylic acids is 1. The fourth-order valence-electron chi connectivity index (χ4n) is 3.01. The van der Waals surface area contributed by atoms with Gasteiger partial charge in [0.15, 0.2) is 0 Å². The molecule has 0 saturated carbocycles. The minimum absolute atomic E-state index is 0.0192. The molecule has 2 heterocycles. The van der Waals surface area contributed by atoms with Gasteiger partial charge < -0.3 is 10.4 Å². The Bertz CT molecular complexity index is 950. The van der Waals surface area contributed by atoms with Gasteiger partial charge >= 0.3 is 0 Å². The fourth-order valence-corrected chi connectivity index (χ4v) is 3.01. The number of amides is 1. The van der Waals surface area contributed by atoms with Crippen molar-refractivity contribution in [1.29, 1.82) is 0 Å². The average Bonchev–Trinajstić information content (AvgIpc) is 3.14. The monoisotopic (exact) mass is 370 g/mol. The maximum Gasteiger partial charge on any atom is 0.252 e. The largest absolute Gasteiger partial charge is 0.394 e. The molecular formula is C20H23FN4O2. The summed E-state index contributed by atoms with van der Waals surface area (Å²) in [7, 11) is 0. The Balaban J connectivity index is 2.08. The third-order valence-electron chi connectivity index (χ3n) is 4.59. The Morgan fingerprint density at radius 1 is 1.30 bits per heavy atom. The van der Waals surface area contributed by atoms with Gasteiger partial charge in [0.05, 0.1) is 36.1 Å². The molecule has 0 aliphatic carbocycles. The van der Waals surface area contributed by atoms with E-state index in [2.05, 4.69) is 15.4 Å². The molecular weight excluding hydrogens is 347 g/mol. The number of rotatable bonds is 7. The molecule has 2 aromatic heterocycles. The number of pyridine rings is 1. The molecule has 0 fully saturated rings. The van der Waals surface area contributed by atoms with E-state index < -0.39 is 5.82 Å². The molecule has 3 aromatic rings. The standard InChI is InChI=1S/C20H23FN4O2/c1-3-15(4-2)23-20(27)17-10-19(13-11-22-25(12-13)7-8-26)24-18-6-5-14(21)9-16(17)18/h5-6,9-12,15,26H,3-4,7-8H2,1-2H3,(H,23,27). The first-order valence-electron chi connectivity index (χ1n) is 9.10. The Kier molecular flexibility index (Phi) is 5.81. The van der Waals surface area contributed by atoms with Gasteiger partial charge in [-0.3, -0.25) is 9.48 Å². The topological polar surface area (TPSA) is 80.0 Å². The molecule has 0 spiro atoms. The van der Waals surface area contributed by atoms with Crippen molar-refractivity contribution in [3.63, 3.8) is 0 Å². The zero-order valence-corrected chi connectivity index (χ0v) is 15.4. The third kappa shape index (κ3) is 4.14. The zero-order valence-electron chi connectivity index (χ0n) is 15.4. The highest BCUT2D eigenvalue weighted by Gasteiger charge is 2.17. The van der Waals surface area contributed by atoms with E-state index in [0.717, 1.165) is 18.4 Å². The Morgan fingerprint density at radius 2 is 2.07 bits per heavy atom. The molecule has 0 bridgehead atoms. The smallest absolute Gasteiger partial charge is 0.252 e. The van der Waals surface area contributed by atoms with Crippen LogP contribution < -0.4 is 5.32 Å². The molecule has 0 aliphatic heterocycles. The lowest BCUT2D eigenvalue weighted by molar-refractivity contribution is 0.0936. The Morgan fingerprint density at radius 3 is 2.78 bits per heavy atom. The maximum atomic E-state index is 13.8. The molecule has 0 radical (unpaired) electrons. The molecule has 0 saturated heterocycles. The number of nitrogens with one attached hydrogen (secondary N) is 1. The van der Waals surface area contributed by atoms with Crippen LogP contribution in [0.2, 0.25) is 0 Å². The summed E-state index contributed by atoms with van der Waals surface area (Å²) in [4.78, 5) is 17.4. The van der Waals surface area contributed by atoms with Gasteiger partial charge in [-0.25, -0.2) is 9.37 Å². The molecule has 0 unspecified atom stereocenters. The number of aliphatic hydroxyl groups excluding tert-OH is 1. The Labute approximate surface area is 157 Å². The van der Waals surface area contributed by atoms with E-state index in [0.29, 0.717) is 28.7 Å². The number of benzene rings is 1.